The molecule has 0 radical (unpaired) electrons. The summed E-state index contributed by atoms with van der Waals surface area (Å²) in [6.07, 6.45) is 2.43. The van der Waals surface area contributed by atoms with Crippen molar-refractivity contribution < 1.29 is 0 Å². The van der Waals surface area contributed by atoms with Crippen molar-refractivity contribution in [1.82, 2.24) is 14.8 Å². The number of hydrogen-bond acceptors (Lipinski definition) is 3. The van der Waals surface area contributed by atoms with Gasteiger partial charge in [-0.25, -0.2) is 4.68 Å². The van der Waals surface area contributed by atoms with Crippen molar-refractivity contribution in [2.45, 2.75) is 18.5 Å². The van der Waals surface area contributed by atoms with Crippen LogP contribution >= 0.6 is 23.2 Å². The molecule has 1 N–H and O–H groups in total. The molecule has 0 aliphatic carbocycles. The average molecular weight is 345 g/mol. The van der Waals surface area contributed by atoms with E-state index in [4.69, 9.17) is 23.2 Å². The Morgan fingerprint density at radius 1 is 1.00 bits per heavy atom. The molecule has 1 aromatic heterocycles. The molecule has 4 nitrogen and oxygen atoms in total. The van der Waals surface area contributed by atoms with Gasteiger partial charge in [0, 0.05) is 0 Å². The van der Waals surface area contributed by atoms with Crippen LogP contribution in [0.4, 0.5) is 5.95 Å². The number of halogens is 2. The third-order valence-electron chi connectivity index (χ3n) is 4.16. The topological polar surface area (TPSA) is 42.7 Å². The Morgan fingerprint density at radius 3 is 2.61 bits per heavy atom. The quantitative estimate of drug-likeness (QED) is 0.730. The largest absolute Gasteiger partial charge is 0.348 e. The number of nitrogens with one attached hydrogen (secondary N) is 1. The molecular weight excluding hydrogens is 331 g/mol. The van der Waals surface area contributed by atoms with E-state index in [1.807, 2.05) is 41.1 Å². The lowest BCUT2D eigenvalue weighted by molar-refractivity contribution is 0.431. The first-order valence-corrected chi connectivity index (χ1v) is 8.14. The third-order valence-corrected chi connectivity index (χ3v) is 4.90. The lowest BCUT2D eigenvalue weighted by Gasteiger charge is -2.32. The molecule has 1 aliphatic rings. The lowest BCUT2D eigenvalue weighted by atomic mass is 9.93. The fourth-order valence-electron chi connectivity index (χ4n) is 3.02. The summed E-state index contributed by atoms with van der Waals surface area (Å²) in [6, 6.07) is 16.3. The van der Waals surface area contributed by atoms with E-state index in [1.54, 1.807) is 6.33 Å². The van der Waals surface area contributed by atoms with Gasteiger partial charge in [0.05, 0.1) is 22.1 Å². The van der Waals surface area contributed by atoms with E-state index in [2.05, 4.69) is 27.5 Å². The third kappa shape index (κ3) is 2.69. The summed E-state index contributed by atoms with van der Waals surface area (Å²) < 4.78 is 1.90. The smallest absolute Gasteiger partial charge is 0.222 e. The summed E-state index contributed by atoms with van der Waals surface area (Å²) in [5.41, 5.74) is 2.31. The maximum atomic E-state index is 6.19. The first kappa shape index (κ1) is 14.5. The maximum Gasteiger partial charge on any atom is 0.222 e. The summed E-state index contributed by atoms with van der Waals surface area (Å²) in [5.74, 6) is 0.765. The van der Waals surface area contributed by atoms with Gasteiger partial charge in [0.25, 0.3) is 0 Å². The number of rotatable bonds is 2. The van der Waals surface area contributed by atoms with Crippen LogP contribution in [0.2, 0.25) is 10.0 Å². The molecule has 0 spiro atoms. The molecule has 0 fully saturated rings. The highest BCUT2D eigenvalue weighted by Gasteiger charge is 2.30. The van der Waals surface area contributed by atoms with E-state index >= 15 is 0 Å². The van der Waals surface area contributed by atoms with Gasteiger partial charge in [-0.3, -0.25) is 0 Å². The Morgan fingerprint density at radius 2 is 1.83 bits per heavy atom. The van der Waals surface area contributed by atoms with Crippen molar-refractivity contribution >= 4 is 29.2 Å². The van der Waals surface area contributed by atoms with Gasteiger partial charge in [-0.15, -0.1) is 0 Å². The Kier molecular flexibility index (Phi) is 3.71. The van der Waals surface area contributed by atoms with Gasteiger partial charge >= 0.3 is 0 Å². The molecule has 23 heavy (non-hydrogen) atoms. The standard InChI is InChI=1S/C17H14Cl2N4/c18-13-7-6-12(8-14(13)19)16-9-15(11-4-2-1-3-5-11)22-17-20-10-21-23(16)17/h1-8,10,15-16H,9H2,(H,20,21,22)/t15-,16-/m1/s1. The molecule has 0 bridgehead atoms. The Labute approximate surface area is 144 Å². The fourth-order valence-corrected chi connectivity index (χ4v) is 3.33. The van der Waals surface area contributed by atoms with Crippen LogP contribution in [-0.4, -0.2) is 14.8 Å². The van der Waals surface area contributed by atoms with Crippen molar-refractivity contribution in [1.29, 1.82) is 0 Å². The number of anilines is 1. The second kappa shape index (κ2) is 5.87. The van der Waals surface area contributed by atoms with Crippen LogP contribution in [0.5, 0.6) is 0 Å². The van der Waals surface area contributed by atoms with Crippen LogP contribution < -0.4 is 5.32 Å². The number of nitrogens with zero attached hydrogens (tertiary/aromatic N) is 3. The minimum absolute atomic E-state index is 0.0636. The highest BCUT2D eigenvalue weighted by Crippen LogP contribution is 2.38. The van der Waals surface area contributed by atoms with Gasteiger partial charge in [-0.2, -0.15) is 10.1 Å². The fraction of sp³-hybridized carbons (Fsp3) is 0.176. The minimum Gasteiger partial charge on any atom is -0.348 e. The summed E-state index contributed by atoms with van der Waals surface area (Å²) >= 11 is 12.2. The van der Waals surface area contributed by atoms with Crippen LogP contribution in [0.25, 0.3) is 0 Å². The molecule has 4 rings (SSSR count). The van der Waals surface area contributed by atoms with Gasteiger partial charge in [-0.05, 0) is 29.7 Å². The molecule has 1 aliphatic heterocycles. The molecular formula is C17H14Cl2N4. The highest BCUT2D eigenvalue weighted by molar-refractivity contribution is 6.42. The molecule has 2 atom stereocenters. The monoisotopic (exact) mass is 344 g/mol. The van der Waals surface area contributed by atoms with Crippen LogP contribution in [0, 0.1) is 0 Å². The van der Waals surface area contributed by atoms with Crippen LogP contribution in [0.1, 0.15) is 29.6 Å². The zero-order valence-corrected chi connectivity index (χ0v) is 13.7. The van der Waals surface area contributed by atoms with Crippen molar-refractivity contribution in [3.63, 3.8) is 0 Å². The highest BCUT2D eigenvalue weighted by atomic mass is 35.5. The molecule has 2 heterocycles. The van der Waals surface area contributed by atoms with Crippen LogP contribution in [0.3, 0.4) is 0 Å². The molecule has 116 valence electrons. The molecule has 3 aromatic rings. The number of fused-ring (bicyclic) bond motifs is 1. The second-order valence-electron chi connectivity index (χ2n) is 5.56. The summed E-state index contributed by atoms with van der Waals surface area (Å²) in [7, 11) is 0. The normalized spacial score (nSPS) is 19.9. The van der Waals surface area contributed by atoms with Crippen molar-refractivity contribution in [2.24, 2.45) is 0 Å². The Bertz CT molecular complexity index is 832. The zero-order chi connectivity index (χ0) is 15.8. The first-order valence-electron chi connectivity index (χ1n) is 7.38. The molecule has 0 saturated heterocycles. The zero-order valence-electron chi connectivity index (χ0n) is 12.2. The Balaban J connectivity index is 1.75. The number of aromatic nitrogens is 3. The second-order valence-corrected chi connectivity index (χ2v) is 6.38. The van der Waals surface area contributed by atoms with Crippen LogP contribution in [0.15, 0.2) is 54.9 Å². The van der Waals surface area contributed by atoms with E-state index in [0.29, 0.717) is 10.0 Å². The lowest BCUT2D eigenvalue weighted by Crippen LogP contribution is -2.28. The van der Waals surface area contributed by atoms with Gasteiger partial charge in [0.1, 0.15) is 6.33 Å². The van der Waals surface area contributed by atoms with Crippen molar-refractivity contribution in [3.8, 4) is 0 Å². The maximum absolute atomic E-state index is 6.19. The van der Waals surface area contributed by atoms with Gasteiger partial charge in [-0.1, -0.05) is 59.6 Å². The minimum atomic E-state index is 0.0636. The summed E-state index contributed by atoms with van der Waals surface area (Å²) in [4.78, 5) is 4.33. The van der Waals surface area contributed by atoms with Crippen molar-refractivity contribution in [3.05, 3.63) is 76.0 Å². The molecule has 6 heteroatoms. The number of hydrogen-bond donors (Lipinski definition) is 1. The van der Waals surface area contributed by atoms with Gasteiger partial charge < -0.3 is 5.32 Å². The van der Waals surface area contributed by atoms with E-state index in [0.717, 1.165) is 17.9 Å². The number of benzene rings is 2. The predicted molar refractivity (Wildman–Crippen MR) is 92.0 cm³/mol. The molecule has 0 amide bonds. The van der Waals surface area contributed by atoms with Gasteiger partial charge in [0.15, 0.2) is 0 Å². The average Bonchev–Trinajstić information content (AvgIpc) is 3.06. The molecule has 0 unspecified atom stereocenters. The SMILES string of the molecule is Clc1ccc([C@H]2C[C@H](c3ccccc3)Nc3ncnn32)cc1Cl. The van der Waals surface area contributed by atoms with Gasteiger partial charge in [0.2, 0.25) is 5.95 Å². The van der Waals surface area contributed by atoms with E-state index in [1.165, 1.54) is 5.56 Å². The summed E-state index contributed by atoms with van der Waals surface area (Å²) in [6.45, 7) is 0. The van der Waals surface area contributed by atoms with E-state index < -0.39 is 0 Å². The predicted octanol–water partition coefficient (Wildman–Crippen LogP) is 4.73. The van der Waals surface area contributed by atoms with E-state index in [-0.39, 0.29) is 12.1 Å². The Hall–Kier alpha value is -2.04. The van der Waals surface area contributed by atoms with Crippen LogP contribution in [-0.2, 0) is 0 Å². The van der Waals surface area contributed by atoms with Crippen molar-refractivity contribution in [2.75, 3.05) is 5.32 Å². The first-order chi connectivity index (χ1) is 11.2. The molecule has 0 saturated carbocycles. The van der Waals surface area contributed by atoms with E-state index in [9.17, 15) is 0 Å². The summed E-state index contributed by atoms with van der Waals surface area (Å²) in [5, 5.41) is 8.93. The molecule has 2 aromatic carbocycles.